The summed E-state index contributed by atoms with van der Waals surface area (Å²) in [5.41, 5.74) is 3.93. The molecule has 0 radical (unpaired) electrons. The molecule has 0 unspecified atom stereocenters. The zero-order valence-electron chi connectivity index (χ0n) is 17.1. The molecular weight excluding hydrogens is 432 g/mol. The van der Waals surface area contributed by atoms with Crippen molar-refractivity contribution in [3.05, 3.63) is 80.8 Å². The number of non-ortho nitro benzene ring substituents is 1. The van der Waals surface area contributed by atoms with Gasteiger partial charge in [0, 0.05) is 66.4 Å². The van der Waals surface area contributed by atoms with E-state index in [0.717, 1.165) is 27.0 Å². The van der Waals surface area contributed by atoms with Crippen molar-refractivity contribution in [1.29, 1.82) is 0 Å². The van der Waals surface area contributed by atoms with Crippen LogP contribution < -0.4 is 4.90 Å². The van der Waals surface area contributed by atoms with E-state index in [9.17, 15) is 14.9 Å². The molecule has 0 N–H and O–H groups in total. The van der Waals surface area contributed by atoms with Gasteiger partial charge in [0.15, 0.2) is 0 Å². The van der Waals surface area contributed by atoms with Gasteiger partial charge in [-0.3, -0.25) is 14.9 Å². The molecule has 31 heavy (non-hydrogen) atoms. The highest BCUT2D eigenvalue weighted by atomic mass is 32.2. The number of amides is 1. The van der Waals surface area contributed by atoms with E-state index >= 15 is 0 Å². The third-order valence-corrected chi connectivity index (χ3v) is 7.36. The lowest BCUT2D eigenvalue weighted by Crippen LogP contribution is -2.48. The molecule has 9 heteroatoms. The van der Waals surface area contributed by atoms with Gasteiger partial charge in [-0.15, -0.1) is 11.3 Å². The fourth-order valence-electron chi connectivity index (χ4n) is 3.42. The Hall–Kier alpha value is -2.91. The predicted molar refractivity (Wildman–Crippen MR) is 124 cm³/mol. The lowest BCUT2D eigenvalue weighted by atomic mass is 10.1. The number of benzene rings is 2. The van der Waals surface area contributed by atoms with Gasteiger partial charge in [-0.05, 0) is 36.8 Å². The second kappa shape index (κ2) is 9.49. The third kappa shape index (κ3) is 5.23. The van der Waals surface area contributed by atoms with Crippen molar-refractivity contribution in [3.63, 3.8) is 0 Å². The summed E-state index contributed by atoms with van der Waals surface area (Å²) in [6.45, 7) is 4.64. The Balaban J connectivity index is 1.30. The minimum Gasteiger partial charge on any atom is -0.368 e. The first-order chi connectivity index (χ1) is 15.0. The van der Waals surface area contributed by atoms with Gasteiger partial charge in [-0.1, -0.05) is 23.9 Å². The summed E-state index contributed by atoms with van der Waals surface area (Å²) in [4.78, 5) is 31.8. The molecule has 160 valence electrons. The van der Waals surface area contributed by atoms with Crippen molar-refractivity contribution in [2.45, 2.75) is 17.0 Å². The molecule has 2 aromatic carbocycles. The van der Waals surface area contributed by atoms with Crippen LogP contribution in [0.2, 0.25) is 0 Å². The second-order valence-electron chi connectivity index (χ2n) is 7.29. The maximum Gasteiger partial charge on any atom is 0.269 e. The summed E-state index contributed by atoms with van der Waals surface area (Å²) in [6.07, 6.45) is 0. The minimum absolute atomic E-state index is 0.0399. The largest absolute Gasteiger partial charge is 0.368 e. The van der Waals surface area contributed by atoms with E-state index in [1.165, 1.54) is 12.1 Å². The third-order valence-electron chi connectivity index (χ3n) is 5.15. The van der Waals surface area contributed by atoms with E-state index in [2.05, 4.69) is 9.88 Å². The fourth-order valence-corrected chi connectivity index (χ4v) is 5.23. The van der Waals surface area contributed by atoms with E-state index < -0.39 is 4.92 Å². The van der Waals surface area contributed by atoms with Crippen LogP contribution in [0.4, 0.5) is 11.4 Å². The first-order valence-corrected chi connectivity index (χ1v) is 11.8. The second-order valence-corrected chi connectivity index (χ2v) is 9.37. The van der Waals surface area contributed by atoms with Crippen molar-refractivity contribution in [3.8, 4) is 0 Å². The number of rotatable bonds is 6. The number of thioether (sulfide) groups is 1. The highest BCUT2D eigenvalue weighted by Crippen LogP contribution is 2.26. The molecule has 4 rings (SSSR count). The highest BCUT2D eigenvalue weighted by Gasteiger charge is 2.22. The monoisotopic (exact) mass is 454 g/mol. The fraction of sp³-hybridized carbons (Fsp3) is 0.273. The van der Waals surface area contributed by atoms with E-state index in [1.54, 1.807) is 35.2 Å². The summed E-state index contributed by atoms with van der Waals surface area (Å²) in [7, 11) is 0. The van der Waals surface area contributed by atoms with E-state index in [-0.39, 0.29) is 11.6 Å². The number of nitro groups is 1. The average Bonchev–Trinajstić information content (AvgIpc) is 3.23. The Morgan fingerprint density at radius 3 is 2.35 bits per heavy atom. The number of anilines is 1. The first-order valence-electron chi connectivity index (χ1n) is 9.92. The zero-order valence-corrected chi connectivity index (χ0v) is 18.7. The maximum absolute atomic E-state index is 12.9. The number of carbonyl (C=O) groups excluding carboxylic acids is 1. The molecule has 0 aliphatic carbocycles. The Morgan fingerprint density at radius 2 is 1.77 bits per heavy atom. The van der Waals surface area contributed by atoms with Gasteiger partial charge >= 0.3 is 0 Å². The smallest absolute Gasteiger partial charge is 0.269 e. The molecule has 2 heterocycles. The quantitative estimate of drug-likeness (QED) is 0.307. The van der Waals surface area contributed by atoms with Crippen LogP contribution in [-0.2, 0) is 5.75 Å². The number of nitro benzene ring substituents is 1. The number of aromatic nitrogens is 1. The maximum atomic E-state index is 12.9. The summed E-state index contributed by atoms with van der Waals surface area (Å²) in [6, 6.07) is 14.4. The number of piperazine rings is 1. The molecule has 0 spiro atoms. The Morgan fingerprint density at radius 1 is 1.10 bits per heavy atom. The normalized spacial score (nSPS) is 14.0. The van der Waals surface area contributed by atoms with Gasteiger partial charge in [0.25, 0.3) is 11.6 Å². The van der Waals surface area contributed by atoms with Crippen LogP contribution in [0.3, 0.4) is 0 Å². The first kappa shape index (κ1) is 21.3. The minimum atomic E-state index is -0.398. The van der Waals surface area contributed by atoms with Crippen molar-refractivity contribution < 1.29 is 9.72 Å². The molecule has 1 saturated heterocycles. The van der Waals surface area contributed by atoms with Crippen LogP contribution in [0.25, 0.3) is 0 Å². The molecule has 1 aromatic heterocycles. The van der Waals surface area contributed by atoms with E-state index in [1.807, 2.05) is 41.5 Å². The molecule has 1 aliphatic heterocycles. The van der Waals surface area contributed by atoms with Gasteiger partial charge in [0.2, 0.25) is 0 Å². The van der Waals surface area contributed by atoms with Crippen molar-refractivity contribution in [2.75, 3.05) is 31.1 Å². The topological polar surface area (TPSA) is 79.6 Å². The highest BCUT2D eigenvalue weighted by molar-refractivity contribution is 8.00. The van der Waals surface area contributed by atoms with Gasteiger partial charge in [0.05, 0.1) is 4.92 Å². The Bertz CT molecular complexity index is 1060. The SMILES string of the molecule is Cc1csc(SCc2ccc(C(=O)N3CCN(c4ccc([N+](=O)[O-])cc4)CC3)cc2)n1. The number of nitrogens with zero attached hydrogens (tertiary/aromatic N) is 4. The van der Waals surface area contributed by atoms with E-state index in [4.69, 9.17) is 0 Å². The van der Waals surface area contributed by atoms with Gasteiger partial charge in [-0.25, -0.2) is 4.98 Å². The summed E-state index contributed by atoms with van der Waals surface area (Å²) >= 11 is 3.36. The molecular formula is C22H22N4O3S2. The molecule has 3 aromatic rings. The summed E-state index contributed by atoms with van der Waals surface area (Å²) < 4.78 is 1.06. The van der Waals surface area contributed by atoms with Crippen LogP contribution in [0.1, 0.15) is 21.6 Å². The van der Waals surface area contributed by atoms with Crippen LogP contribution >= 0.6 is 23.1 Å². The molecule has 1 fully saturated rings. The molecule has 0 saturated carbocycles. The number of carbonyl (C=O) groups is 1. The van der Waals surface area contributed by atoms with Crippen LogP contribution in [0.5, 0.6) is 0 Å². The number of aryl methyl sites for hydroxylation is 1. The number of thiazole rings is 1. The predicted octanol–water partition coefficient (Wildman–Crippen LogP) is 4.61. The summed E-state index contributed by atoms with van der Waals surface area (Å²) in [5, 5.41) is 12.9. The molecule has 7 nitrogen and oxygen atoms in total. The lowest BCUT2D eigenvalue weighted by Gasteiger charge is -2.36. The van der Waals surface area contributed by atoms with Gasteiger partial charge in [-0.2, -0.15) is 0 Å². The van der Waals surface area contributed by atoms with Gasteiger partial charge < -0.3 is 9.80 Å². The Kier molecular flexibility index (Phi) is 6.53. The van der Waals surface area contributed by atoms with Gasteiger partial charge in [0.1, 0.15) is 4.34 Å². The number of hydrogen-bond acceptors (Lipinski definition) is 7. The lowest BCUT2D eigenvalue weighted by molar-refractivity contribution is -0.384. The van der Waals surface area contributed by atoms with Crippen LogP contribution in [0.15, 0.2) is 58.3 Å². The molecule has 1 amide bonds. The van der Waals surface area contributed by atoms with Crippen LogP contribution in [0, 0.1) is 17.0 Å². The van der Waals surface area contributed by atoms with Crippen molar-refractivity contribution >= 4 is 40.4 Å². The van der Waals surface area contributed by atoms with E-state index in [0.29, 0.717) is 31.7 Å². The standard InChI is InChI=1S/C22H22N4O3S2/c1-16-14-30-22(23-16)31-15-17-2-4-18(5-3-17)21(27)25-12-10-24(11-13-25)19-6-8-20(9-7-19)26(28)29/h2-9,14H,10-13,15H2,1H3. The van der Waals surface area contributed by atoms with Crippen molar-refractivity contribution in [2.24, 2.45) is 0 Å². The van der Waals surface area contributed by atoms with Crippen molar-refractivity contribution in [1.82, 2.24) is 9.88 Å². The Labute approximate surface area is 188 Å². The van der Waals surface area contributed by atoms with Crippen LogP contribution in [-0.4, -0.2) is 46.9 Å². The average molecular weight is 455 g/mol. The summed E-state index contributed by atoms with van der Waals surface area (Å²) in [5.74, 6) is 0.869. The number of hydrogen-bond donors (Lipinski definition) is 0. The molecule has 1 aliphatic rings. The zero-order chi connectivity index (χ0) is 21.8. The molecule has 0 bridgehead atoms. The molecule has 0 atom stereocenters.